The van der Waals surface area contributed by atoms with Gasteiger partial charge >= 0.3 is 0 Å². The summed E-state index contributed by atoms with van der Waals surface area (Å²) in [5.41, 5.74) is 0.157. The summed E-state index contributed by atoms with van der Waals surface area (Å²) in [5, 5.41) is 15.6. The van der Waals surface area contributed by atoms with Crippen LogP contribution in [0.4, 0.5) is 0 Å². The number of Topliss-reactive ketones (excluding diaryl/α,β-unsaturated/α-hetero) is 1. The number of hydrogen-bond donors (Lipinski definition) is 1. The summed E-state index contributed by atoms with van der Waals surface area (Å²) in [4.78, 5) is 28.4. The van der Waals surface area contributed by atoms with Gasteiger partial charge in [-0.15, -0.1) is 23.2 Å². The molecule has 5 atom stereocenters. The largest absolute Gasteiger partial charge is 0.326 e. The van der Waals surface area contributed by atoms with E-state index in [1.165, 1.54) is 33.2 Å². The Hall–Kier alpha value is -4.97. The van der Waals surface area contributed by atoms with Crippen LogP contribution < -0.4 is 5.32 Å². The molecule has 2 aromatic heterocycles. The zero-order valence-electron chi connectivity index (χ0n) is 31.6. The fourth-order valence-corrected chi connectivity index (χ4v) is 12.3. The predicted octanol–water partition coefficient (Wildman–Crippen LogP) is 7.64. The number of halogens is 2. The molecule has 0 spiro atoms. The number of rotatable bonds is 6. The lowest BCUT2D eigenvalue weighted by atomic mass is 9.64. The highest BCUT2D eigenvalue weighted by molar-refractivity contribution is 7.90. The van der Waals surface area contributed by atoms with Gasteiger partial charge in [-0.05, 0) is 74.2 Å². The number of nitrogens with one attached hydrogen (secondary N) is 1. The van der Waals surface area contributed by atoms with E-state index in [0.717, 1.165) is 11.1 Å². The second-order valence-electron chi connectivity index (χ2n) is 15.0. The van der Waals surface area contributed by atoms with E-state index in [4.69, 9.17) is 27.9 Å². The fourth-order valence-electron chi connectivity index (χ4n) is 9.37. The Morgan fingerprint density at radius 1 is 0.862 bits per heavy atom. The minimum atomic E-state index is -4.29. The lowest BCUT2D eigenvalue weighted by molar-refractivity contribution is -0.185. The van der Waals surface area contributed by atoms with E-state index in [1.54, 1.807) is 72.8 Å². The molecule has 0 unspecified atom stereocenters. The number of para-hydroxylation sites is 2. The Morgan fingerprint density at radius 2 is 1.41 bits per heavy atom. The first kappa shape index (κ1) is 39.8. The van der Waals surface area contributed by atoms with Gasteiger partial charge in [0, 0.05) is 47.8 Å². The predicted molar refractivity (Wildman–Crippen MR) is 221 cm³/mol. The van der Waals surface area contributed by atoms with E-state index < -0.39 is 60.8 Å². The smallest absolute Gasteiger partial charge is 0.268 e. The molecule has 3 aliphatic rings. The number of amides is 1. The van der Waals surface area contributed by atoms with Gasteiger partial charge in [-0.2, -0.15) is 5.26 Å². The van der Waals surface area contributed by atoms with Crippen molar-refractivity contribution in [3.8, 4) is 6.07 Å². The van der Waals surface area contributed by atoms with E-state index in [1.807, 2.05) is 26.0 Å². The van der Waals surface area contributed by atoms with Crippen molar-refractivity contribution in [3.05, 3.63) is 131 Å². The van der Waals surface area contributed by atoms with E-state index >= 15 is 4.79 Å². The van der Waals surface area contributed by atoms with Crippen molar-refractivity contribution in [1.82, 2.24) is 13.3 Å². The maximum atomic E-state index is 15.3. The molecule has 58 heavy (non-hydrogen) atoms. The Balaban J connectivity index is 0.00000152. The summed E-state index contributed by atoms with van der Waals surface area (Å²) in [6.45, 7) is 4.98. The second-order valence-corrected chi connectivity index (χ2v) is 19.4. The Morgan fingerprint density at radius 3 is 2.00 bits per heavy atom. The lowest BCUT2D eigenvalue weighted by Gasteiger charge is -2.48. The Kier molecular flexibility index (Phi) is 9.88. The Labute approximate surface area is 346 Å². The number of hydrogen-bond acceptors (Lipinski definition) is 8. The molecule has 2 bridgehead atoms. The van der Waals surface area contributed by atoms with E-state index in [9.17, 15) is 26.9 Å². The van der Waals surface area contributed by atoms with Crippen molar-refractivity contribution in [2.75, 3.05) is 5.34 Å². The molecular weight excluding hydrogens is 820 g/mol. The van der Waals surface area contributed by atoms with Crippen molar-refractivity contribution in [2.45, 2.75) is 73.0 Å². The first-order valence-electron chi connectivity index (χ1n) is 18.6. The topological polar surface area (TPSA) is 157 Å². The molecule has 2 aliphatic heterocycles. The number of ether oxygens (including phenoxy) is 1. The van der Waals surface area contributed by atoms with Gasteiger partial charge in [0.15, 0.2) is 11.4 Å². The van der Waals surface area contributed by atoms with Gasteiger partial charge in [0.25, 0.3) is 20.0 Å². The fraction of sp³-hybridized carbons (Fsp3) is 0.279. The molecule has 2 fully saturated rings. The molecule has 4 aromatic carbocycles. The average molecular weight is 858 g/mol. The molecule has 9 rings (SSSR count). The minimum absolute atomic E-state index is 0.0401. The number of alkyl halides is 2. The van der Waals surface area contributed by atoms with Crippen LogP contribution in [0.25, 0.3) is 21.8 Å². The summed E-state index contributed by atoms with van der Waals surface area (Å²) in [6, 6.07) is 29.5. The van der Waals surface area contributed by atoms with Crippen LogP contribution in [0.3, 0.4) is 0 Å². The van der Waals surface area contributed by atoms with Crippen LogP contribution in [0.1, 0.15) is 59.5 Å². The van der Waals surface area contributed by atoms with E-state index in [-0.39, 0.29) is 27.2 Å². The van der Waals surface area contributed by atoms with Gasteiger partial charge in [-0.25, -0.2) is 24.8 Å². The van der Waals surface area contributed by atoms with Crippen molar-refractivity contribution in [3.63, 3.8) is 0 Å². The molecule has 1 amide bonds. The molecule has 2 saturated heterocycles. The highest BCUT2D eigenvalue weighted by Gasteiger charge is 2.72. The van der Waals surface area contributed by atoms with E-state index in [0.29, 0.717) is 45.8 Å². The number of nitriles is 1. The van der Waals surface area contributed by atoms with Gasteiger partial charge in [0.2, 0.25) is 11.6 Å². The van der Waals surface area contributed by atoms with E-state index in [2.05, 4.69) is 11.4 Å². The standard InChI is InChI=1S/C42H36N4O7S2.CH2Cl2/c1-25-12-16-28(17-13-25)54(49,50)45-23-33(31-9-4-6-10-36(31)45)35-22-42(44-27(3)47)40(48)38-34(41(35,24-43)53-42)21-20-32-30-8-5-7-11-37(30)46(39(32)38)55(51,52)29-18-14-26(2)15-19-29;2-1-3/h4-19,23,34-35,38H,20-22H2,1-3H3,(H,44,47);1H2/t34-,35+,38-,41-,42-;/m0./s1. The number of ketones is 1. The first-order chi connectivity index (χ1) is 27.6. The zero-order chi connectivity index (χ0) is 41.4. The number of carbonyl (C=O) groups is 2. The van der Waals surface area contributed by atoms with Gasteiger partial charge < -0.3 is 10.1 Å². The summed E-state index contributed by atoms with van der Waals surface area (Å²) in [6.07, 6.45) is 1.96. The van der Waals surface area contributed by atoms with Crippen LogP contribution in [-0.2, 0) is 40.8 Å². The van der Waals surface area contributed by atoms with Crippen LogP contribution >= 0.6 is 23.2 Å². The van der Waals surface area contributed by atoms with Crippen LogP contribution in [0, 0.1) is 31.1 Å². The minimum Gasteiger partial charge on any atom is -0.326 e. The quantitative estimate of drug-likeness (QED) is 0.168. The number of aryl methyl sites for hydroxylation is 3. The normalized spacial score (nSPS) is 23.7. The molecule has 298 valence electrons. The summed E-state index contributed by atoms with van der Waals surface area (Å²) < 4.78 is 67.1. The maximum Gasteiger partial charge on any atom is 0.268 e. The van der Waals surface area contributed by atoms with Crippen LogP contribution in [0.5, 0.6) is 0 Å². The SMILES string of the molecule is CC(=O)N[C@@]12C[C@H](c3cn(S(=O)(=O)c4ccc(C)cc4)c4ccccc34)[C@@](C#N)(O1)[C@H]1CCc3c(n(S(=O)(=O)c4ccc(C)cc4)c4ccccc34)[C@H]1C2=O.ClCCl. The molecule has 0 radical (unpaired) electrons. The van der Waals surface area contributed by atoms with Crippen LogP contribution in [0.2, 0.25) is 0 Å². The molecule has 4 heterocycles. The zero-order valence-corrected chi connectivity index (χ0v) is 34.8. The highest BCUT2D eigenvalue weighted by Crippen LogP contribution is 2.63. The third kappa shape index (κ3) is 5.91. The summed E-state index contributed by atoms with van der Waals surface area (Å²) in [5.74, 6) is -4.07. The molecule has 0 saturated carbocycles. The number of nitrogens with zero attached hydrogens (tertiary/aromatic N) is 3. The summed E-state index contributed by atoms with van der Waals surface area (Å²) >= 11 is 9.53. The molecule has 11 nitrogen and oxygen atoms in total. The number of aromatic nitrogens is 2. The van der Waals surface area contributed by atoms with Crippen molar-refractivity contribution >= 4 is 76.7 Å². The number of fused-ring (bicyclic) bond motifs is 9. The van der Waals surface area contributed by atoms with Crippen molar-refractivity contribution < 1.29 is 31.2 Å². The lowest BCUT2D eigenvalue weighted by Crippen LogP contribution is -2.64. The van der Waals surface area contributed by atoms with Crippen molar-refractivity contribution in [1.29, 1.82) is 5.26 Å². The third-order valence-electron chi connectivity index (χ3n) is 11.7. The molecule has 15 heteroatoms. The average Bonchev–Trinajstić information content (AvgIpc) is 3.85. The van der Waals surface area contributed by atoms with Gasteiger partial charge in [-0.3, -0.25) is 9.59 Å². The number of carbonyl (C=O) groups excluding carboxylic acids is 2. The van der Waals surface area contributed by atoms with Gasteiger partial charge in [-0.1, -0.05) is 71.8 Å². The highest BCUT2D eigenvalue weighted by atomic mass is 35.5. The molecule has 1 N–H and O–H groups in total. The number of benzene rings is 4. The third-order valence-corrected chi connectivity index (χ3v) is 15.2. The maximum absolute atomic E-state index is 15.3. The summed E-state index contributed by atoms with van der Waals surface area (Å²) in [7, 11) is -8.42. The monoisotopic (exact) mass is 856 g/mol. The molecule has 6 aromatic rings. The first-order valence-corrected chi connectivity index (χ1v) is 22.5. The van der Waals surface area contributed by atoms with Gasteiger partial charge in [0.1, 0.15) is 0 Å². The Bertz CT molecular complexity index is 2920. The molecule has 1 aliphatic carbocycles. The van der Waals surface area contributed by atoms with Gasteiger partial charge in [0.05, 0.1) is 38.2 Å². The van der Waals surface area contributed by atoms with Crippen molar-refractivity contribution in [2.24, 2.45) is 5.92 Å². The second kappa shape index (κ2) is 14.4. The van der Waals surface area contributed by atoms with Crippen LogP contribution in [0.15, 0.2) is 113 Å². The van der Waals surface area contributed by atoms with Crippen LogP contribution in [-0.4, -0.2) is 53.1 Å². The molecular formula is C43H38Cl2N4O7S2.